The van der Waals surface area contributed by atoms with Gasteiger partial charge in [0.25, 0.3) is 0 Å². The summed E-state index contributed by atoms with van der Waals surface area (Å²) in [7, 11) is 0. The molecule has 1 fully saturated rings. The number of rotatable bonds is 1. The highest BCUT2D eigenvalue weighted by atomic mass is 32.2. The minimum Gasteiger partial charge on any atom is -0.465 e. The highest BCUT2D eigenvalue weighted by Gasteiger charge is 2.43. The summed E-state index contributed by atoms with van der Waals surface area (Å²) in [6.45, 7) is 5.95. The van der Waals surface area contributed by atoms with Crippen LogP contribution in [0.4, 0.5) is 4.79 Å². The fourth-order valence-electron chi connectivity index (χ4n) is 1.62. The average molecular weight is 219 g/mol. The van der Waals surface area contributed by atoms with E-state index < -0.39 is 6.09 Å². The monoisotopic (exact) mass is 219 g/mol. The van der Waals surface area contributed by atoms with E-state index in [9.17, 15) is 4.79 Å². The molecule has 0 aromatic carbocycles. The topological polar surface area (TPSA) is 60.8 Å². The lowest BCUT2D eigenvalue weighted by atomic mass is 9.95. The van der Waals surface area contributed by atoms with Crippen molar-refractivity contribution in [1.82, 2.24) is 4.90 Å². The highest BCUT2D eigenvalue weighted by molar-refractivity contribution is 8.00. The molecule has 1 rings (SSSR count). The summed E-state index contributed by atoms with van der Waals surface area (Å²) in [5.41, 5.74) is -0.0903. The van der Waals surface area contributed by atoms with Crippen LogP contribution >= 0.6 is 11.8 Å². The molecule has 0 bridgehead atoms. The first-order valence-corrected chi connectivity index (χ1v) is 5.66. The van der Waals surface area contributed by atoms with Crippen molar-refractivity contribution in [2.75, 3.05) is 12.4 Å². The van der Waals surface area contributed by atoms with Gasteiger partial charge in [-0.05, 0) is 5.41 Å². The molecule has 4 nitrogen and oxygen atoms in total. The Bertz CT molecular complexity index is 227. The van der Waals surface area contributed by atoms with Gasteiger partial charge in [-0.25, -0.2) is 4.79 Å². The molecule has 0 radical (unpaired) electrons. The van der Waals surface area contributed by atoms with Crippen LogP contribution in [0.3, 0.4) is 0 Å². The standard InChI is InChI=1S/C9H17NO3S/c1-9(2,3)7-10(8(12)13)6(4-11)5-14-7/h6-7,11H,4-5H2,1-3H3,(H,12,13). The molecule has 5 heteroatoms. The first-order valence-electron chi connectivity index (χ1n) is 4.61. The molecule has 1 heterocycles. The predicted octanol–water partition coefficient (Wildman–Crippen LogP) is 1.45. The highest BCUT2D eigenvalue weighted by Crippen LogP contribution is 2.40. The van der Waals surface area contributed by atoms with Gasteiger partial charge in [0.1, 0.15) is 0 Å². The molecule has 0 saturated carbocycles. The largest absolute Gasteiger partial charge is 0.465 e. The third kappa shape index (κ3) is 2.15. The zero-order valence-corrected chi connectivity index (χ0v) is 9.54. The Labute approximate surface area is 88.3 Å². The van der Waals surface area contributed by atoms with Crippen LogP contribution in [0.15, 0.2) is 0 Å². The van der Waals surface area contributed by atoms with Gasteiger partial charge < -0.3 is 10.2 Å². The maximum atomic E-state index is 11.0. The van der Waals surface area contributed by atoms with Gasteiger partial charge in [-0.1, -0.05) is 20.8 Å². The molecule has 14 heavy (non-hydrogen) atoms. The number of aliphatic hydroxyl groups is 1. The van der Waals surface area contributed by atoms with Crippen molar-refractivity contribution in [3.8, 4) is 0 Å². The molecule has 2 unspecified atom stereocenters. The molecule has 82 valence electrons. The molecular formula is C9H17NO3S. The van der Waals surface area contributed by atoms with Crippen molar-refractivity contribution in [2.24, 2.45) is 5.41 Å². The van der Waals surface area contributed by atoms with E-state index in [-0.39, 0.29) is 23.4 Å². The van der Waals surface area contributed by atoms with Crippen LogP contribution < -0.4 is 0 Å². The molecular weight excluding hydrogens is 202 g/mol. The van der Waals surface area contributed by atoms with Gasteiger partial charge in [0.15, 0.2) is 0 Å². The van der Waals surface area contributed by atoms with Crippen LogP contribution in [0.25, 0.3) is 0 Å². The number of hydrogen-bond acceptors (Lipinski definition) is 3. The van der Waals surface area contributed by atoms with Crippen molar-refractivity contribution < 1.29 is 15.0 Å². The van der Waals surface area contributed by atoms with Gasteiger partial charge in [-0.2, -0.15) is 0 Å². The van der Waals surface area contributed by atoms with Gasteiger partial charge in [-0.3, -0.25) is 4.90 Å². The van der Waals surface area contributed by atoms with Crippen LogP contribution in [0.2, 0.25) is 0 Å². The molecule has 0 aromatic heterocycles. The quantitative estimate of drug-likeness (QED) is 0.700. The normalized spacial score (nSPS) is 28.1. The second kappa shape index (κ2) is 3.98. The summed E-state index contributed by atoms with van der Waals surface area (Å²) >= 11 is 1.60. The Balaban J connectivity index is 2.84. The number of carbonyl (C=O) groups is 1. The van der Waals surface area contributed by atoms with Crippen molar-refractivity contribution in [2.45, 2.75) is 32.2 Å². The summed E-state index contributed by atoms with van der Waals surface area (Å²) in [6, 6.07) is -0.248. The molecule has 1 saturated heterocycles. The fraction of sp³-hybridized carbons (Fsp3) is 0.889. The maximum Gasteiger partial charge on any atom is 0.408 e. The first kappa shape index (κ1) is 11.7. The van der Waals surface area contributed by atoms with E-state index in [0.29, 0.717) is 5.75 Å². The lowest BCUT2D eigenvalue weighted by Gasteiger charge is -2.34. The van der Waals surface area contributed by atoms with Crippen LogP contribution in [0, 0.1) is 5.41 Å². The predicted molar refractivity (Wildman–Crippen MR) is 56.4 cm³/mol. The zero-order valence-electron chi connectivity index (χ0n) is 8.73. The molecule has 2 atom stereocenters. The number of carboxylic acid groups (broad SMARTS) is 1. The van der Waals surface area contributed by atoms with Gasteiger partial charge in [0.05, 0.1) is 18.0 Å². The van der Waals surface area contributed by atoms with E-state index in [4.69, 9.17) is 10.2 Å². The molecule has 2 N–H and O–H groups in total. The van der Waals surface area contributed by atoms with E-state index >= 15 is 0 Å². The van der Waals surface area contributed by atoms with Crippen LogP contribution in [0.5, 0.6) is 0 Å². The van der Waals surface area contributed by atoms with Crippen molar-refractivity contribution >= 4 is 17.9 Å². The van der Waals surface area contributed by atoms with Gasteiger partial charge in [0.2, 0.25) is 0 Å². The van der Waals surface area contributed by atoms with E-state index in [0.717, 1.165) is 0 Å². The molecule has 1 amide bonds. The van der Waals surface area contributed by atoms with E-state index in [1.165, 1.54) is 4.90 Å². The number of thioether (sulfide) groups is 1. The number of hydrogen-bond donors (Lipinski definition) is 2. The van der Waals surface area contributed by atoms with Gasteiger partial charge in [-0.15, -0.1) is 11.8 Å². The lowest BCUT2D eigenvalue weighted by Crippen LogP contribution is -2.47. The molecule has 1 aliphatic heterocycles. The minimum atomic E-state index is -0.936. The Morgan fingerprint density at radius 3 is 2.50 bits per heavy atom. The second-order valence-corrected chi connectivity index (χ2v) is 5.69. The van der Waals surface area contributed by atoms with Crippen molar-refractivity contribution in [1.29, 1.82) is 0 Å². The number of amides is 1. The Morgan fingerprint density at radius 1 is 1.57 bits per heavy atom. The van der Waals surface area contributed by atoms with E-state index in [2.05, 4.69) is 0 Å². The van der Waals surface area contributed by atoms with Crippen LogP contribution in [-0.4, -0.2) is 45.0 Å². The van der Waals surface area contributed by atoms with Gasteiger partial charge in [0, 0.05) is 5.75 Å². The van der Waals surface area contributed by atoms with E-state index in [1.807, 2.05) is 20.8 Å². The minimum absolute atomic E-state index is 0.0582. The summed E-state index contributed by atoms with van der Waals surface area (Å²) in [5.74, 6) is 0.685. The van der Waals surface area contributed by atoms with Crippen molar-refractivity contribution in [3.63, 3.8) is 0 Å². The molecule has 1 aliphatic rings. The lowest BCUT2D eigenvalue weighted by molar-refractivity contribution is 0.0824. The average Bonchev–Trinajstić information content (AvgIpc) is 2.45. The summed E-state index contributed by atoms with van der Waals surface area (Å²) in [5, 5.41) is 18.0. The zero-order chi connectivity index (χ0) is 10.9. The van der Waals surface area contributed by atoms with Crippen LogP contribution in [0.1, 0.15) is 20.8 Å². The maximum absolute atomic E-state index is 11.0. The van der Waals surface area contributed by atoms with Crippen LogP contribution in [-0.2, 0) is 0 Å². The smallest absolute Gasteiger partial charge is 0.408 e. The Morgan fingerprint density at radius 2 is 2.14 bits per heavy atom. The molecule has 0 aromatic rings. The molecule has 0 aliphatic carbocycles. The first-order chi connectivity index (χ1) is 6.38. The Hall–Kier alpha value is -0.420. The van der Waals surface area contributed by atoms with Gasteiger partial charge >= 0.3 is 6.09 Å². The summed E-state index contributed by atoms with van der Waals surface area (Å²) in [4.78, 5) is 12.4. The van der Waals surface area contributed by atoms with E-state index in [1.54, 1.807) is 11.8 Å². The third-order valence-electron chi connectivity index (χ3n) is 2.27. The summed E-state index contributed by atoms with van der Waals surface area (Å²) in [6.07, 6.45) is -0.936. The second-order valence-electron chi connectivity index (χ2n) is 4.58. The Kier molecular flexibility index (Phi) is 3.32. The SMILES string of the molecule is CC(C)(C)C1SCC(CO)N1C(=O)O. The summed E-state index contributed by atoms with van der Waals surface area (Å²) < 4.78 is 0. The fourth-order valence-corrected chi connectivity index (χ4v) is 3.21. The number of aliphatic hydroxyl groups excluding tert-OH is 1. The number of nitrogens with zero attached hydrogens (tertiary/aromatic N) is 1. The third-order valence-corrected chi connectivity index (χ3v) is 4.09. The van der Waals surface area contributed by atoms with Crippen molar-refractivity contribution in [3.05, 3.63) is 0 Å². The molecule has 0 spiro atoms.